The van der Waals surface area contributed by atoms with E-state index in [1.807, 2.05) is 0 Å². The molecule has 0 atom stereocenters. The lowest BCUT2D eigenvalue weighted by atomic mass is 10.1. The van der Waals surface area contributed by atoms with Crippen molar-refractivity contribution in [2.45, 2.75) is 12.7 Å². The third kappa shape index (κ3) is 2.96. The van der Waals surface area contributed by atoms with Crippen molar-refractivity contribution in [2.75, 3.05) is 0 Å². The molecule has 0 aliphatic carbocycles. The van der Waals surface area contributed by atoms with Crippen LogP contribution in [0.4, 0.5) is 17.6 Å². The van der Waals surface area contributed by atoms with Crippen molar-refractivity contribution in [3.8, 4) is 0 Å². The van der Waals surface area contributed by atoms with Gasteiger partial charge in [-0.3, -0.25) is 0 Å². The van der Waals surface area contributed by atoms with Gasteiger partial charge in [-0.05, 0) is 11.6 Å². The zero-order valence-electron chi connectivity index (χ0n) is 7.24. The lowest BCUT2D eigenvalue weighted by Gasteiger charge is -2.12. The Labute approximate surface area is 94.6 Å². The number of benzene rings is 1. The second kappa shape index (κ2) is 5.01. The monoisotopic (exact) mass is 263 g/mol. The Morgan fingerprint density at radius 1 is 1.27 bits per heavy atom. The van der Waals surface area contributed by atoms with Crippen LogP contribution in [0, 0.1) is 5.82 Å². The maximum Gasteiger partial charge on any atom is 0.420 e. The van der Waals surface area contributed by atoms with Gasteiger partial charge in [0, 0.05) is 6.54 Å². The van der Waals surface area contributed by atoms with Crippen LogP contribution in [-0.2, 0) is 12.7 Å². The standard InChI is InChI=1S/C8H6ClF4N.ClH/c9-7-4(3-14)1-2-5(10)6(7)8(11,12)13;/h1-2H,3,14H2;1H. The predicted molar refractivity (Wildman–Crippen MR) is 51.6 cm³/mol. The minimum Gasteiger partial charge on any atom is -0.326 e. The van der Waals surface area contributed by atoms with Gasteiger partial charge >= 0.3 is 6.18 Å². The van der Waals surface area contributed by atoms with Gasteiger partial charge in [-0.1, -0.05) is 17.7 Å². The van der Waals surface area contributed by atoms with Crippen LogP contribution in [0.15, 0.2) is 12.1 Å². The summed E-state index contributed by atoms with van der Waals surface area (Å²) in [5.74, 6) is -1.39. The first-order valence-electron chi connectivity index (χ1n) is 3.62. The lowest BCUT2D eigenvalue weighted by Crippen LogP contribution is -2.11. The minimum absolute atomic E-state index is 0. The van der Waals surface area contributed by atoms with Gasteiger partial charge in [0.1, 0.15) is 11.4 Å². The van der Waals surface area contributed by atoms with Gasteiger partial charge in [0.15, 0.2) is 0 Å². The van der Waals surface area contributed by atoms with Gasteiger partial charge in [-0.15, -0.1) is 12.4 Å². The van der Waals surface area contributed by atoms with E-state index < -0.39 is 22.6 Å². The second-order valence-electron chi connectivity index (χ2n) is 2.60. The second-order valence-corrected chi connectivity index (χ2v) is 2.98. The fraction of sp³-hybridized carbons (Fsp3) is 0.250. The van der Waals surface area contributed by atoms with Gasteiger partial charge in [-0.25, -0.2) is 4.39 Å². The summed E-state index contributed by atoms with van der Waals surface area (Å²) in [6.45, 7) is -0.164. The molecule has 0 aliphatic rings. The molecule has 1 aromatic carbocycles. The average molecular weight is 264 g/mol. The van der Waals surface area contributed by atoms with E-state index >= 15 is 0 Å². The first-order chi connectivity index (χ1) is 6.38. The molecule has 0 heterocycles. The highest BCUT2D eigenvalue weighted by atomic mass is 35.5. The summed E-state index contributed by atoms with van der Waals surface area (Å²) >= 11 is 5.36. The van der Waals surface area contributed by atoms with E-state index in [9.17, 15) is 17.6 Å². The number of nitrogens with two attached hydrogens (primary N) is 1. The van der Waals surface area contributed by atoms with E-state index in [4.69, 9.17) is 17.3 Å². The van der Waals surface area contributed by atoms with Crippen molar-refractivity contribution in [1.82, 2.24) is 0 Å². The largest absolute Gasteiger partial charge is 0.420 e. The summed E-state index contributed by atoms with van der Waals surface area (Å²) in [5, 5.41) is -0.667. The summed E-state index contributed by atoms with van der Waals surface area (Å²) in [4.78, 5) is 0. The van der Waals surface area contributed by atoms with Crippen molar-refractivity contribution >= 4 is 24.0 Å². The molecule has 0 fully saturated rings. The van der Waals surface area contributed by atoms with Gasteiger partial charge in [0.05, 0.1) is 5.02 Å². The molecular formula is C8H7Cl2F4N. The smallest absolute Gasteiger partial charge is 0.326 e. The molecule has 0 spiro atoms. The van der Waals surface area contributed by atoms with Crippen LogP contribution in [0.1, 0.15) is 11.1 Å². The first-order valence-corrected chi connectivity index (χ1v) is 4.00. The molecule has 0 radical (unpaired) electrons. The summed E-state index contributed by atoms with van der Waals surface area (Å²) in [6.07, 6.45) is -4.80. The predicted octanol–water partition coefficient (Wildman–Crippen LogP) is 3.38. The number of rotatable bonds is 1. The average Bonchev–Trinajstić information content (AvgIpc) is 2.02. The van der Waals surface area contributed by atoms with Gasteiger partial charge in [0.2, 0.25) is 0 Å². The fourth-order valence-electron chi connectivity index (χ4n) is 1.01. The fourth-order valence-corrected chi connectivity index (χ4v) is 1.35. The number of hydrogen-bond donors (Lipinski definition) is 1. The van der Waals surface area contributed by atoms with Crippen molar-refractivity contribution in [3.05, 3.63) is 34.1 Å². The minimum atomic E-state index is -4.80. The normalized spacial score (nSPS) is 11.1. The summed E-state index contributed by atoms with van der Waals surface area (Å²) in [5.41, 5.74) is 3.75. The van der Waals surface area contributed by atoms with Gasteiger partial charge in [-0.2, -0.15) is 13.2 Å². The number of hydrogen-bond acceptors (Lipinski definition) is 1. The number of halogens is 6. The quantitative estimate of drug-likeness (QED) is 0.773. The highest BCUT2D eigenvalue weighted by Crippen LogP contribution is 2.37. The Morgan fingerprint density at radius 3 is 2.20 bits per heavy atom. The molecule has 0 saturated carbocycles. The maximum absolute atomic E-state index is 12.8. The van der Waals surface area contributed by atoms with E-state index in [0.29, 0.717) is 6.07 Å². The van der Waals surface area contributed by atoms with E-state index in [0.717, 1.165) is 6.07 Å². The zero-order chi connectivity index (χ0) is 10.9. The molecule has 15 heavy (non-hydrogen) atoms. The van der Waals surface area contributed by atoms with Crippen LogP contribution in [-0.4, -0.2) is 0 Å². The third-order valence-electron chi connectivity index (χ3n) is 1.67. The van der Waals surface area contributed by atoms with Crippen molar-refractivity contribution in [3.63, 3.8) is 0 Å². The number of alkyl halides is 3. The van der Waals surface area contributed by atoms with Crippen LogP contribution < -0.4 is 5.73 Å². The molecule has 2 N–H and O–H groups in total. The molecule has 0 aliphatic heterocycles. The van der Waals surface area contributed by atoms with Crippen molar-refractivity contribution in [1.29, 1.82) is 0 Å². The summed E-state index contributed by atoms with van der Waals surface area (Å²) < 4.78 is 49.6. The lowest BCUT2D eigenvalue weighted by molar-refractivity contribution is -0.139. The van der Waals surface area contributed by atoms with E-state index in [1.54, 1.807) is 0 Å². The Balaban J connectivity index is 0.00000196. The highest BCUT2D eigenvalue weighted by molar-refractivity contribution is 6.32. The molecule has 86 valence electrons. The third-order valence-corrected chi connectivity index (χ3v) is 2.11. The molecule has 0 unspecified atom stereocenters. The maximum atomic E-state index is 12.8. The SMILES string of the molecule is Cl.NCc1ccc(F)c(C(F)(F)F)c1Cl. The zero-order valence-corrected chi connectivity index (χ0v) is 8.81. The molecule has 0 saturated heterocycles. The van der Waals surface area contributed by atoms with E-state index in [2.05, 4.69) is 0 Å². The van der Waals surface area contributed by atoms with Crippen LogP contribution in [0.5, 0.6) is 0 Å². The van der Waals surface area contributed by atoms with Gasteiger partial charge in [0.25, 0.3) is 0 Å². The van der Waals surface area contributed by atoms with Crippen LogP contribution >= 0.6 is 24.0 Å². The molecule has 1 nitrogen and oxygen atoms in total. The summed E-state index contributed by atoms with van der Waals surface area (Å²) in [7, 11) is 0. The first kappa shape index (κ1) is 14.5. The van der Waals surface area contributed by atoms with Crippen LogP contribution in [0.3, 0.4) is 0 Å². The van der Waals surface area contributed by atoms with Crippen molar-refractivity contribution in [2.24, 2.45) is 5.73 Å². The molecule has 7 heteroatoms. The summed E-state index contributed by atoms with van der Waals surface area (Å²) in [6, 6.07) is 1.84. The molecule has 0 bridgehead atoms. The molecular weight excluding hydrogens is 257 g/mol. The topological polar surface area (TPSA) is 26.0 Å². The van der Waals surface area contributed by atoms with E-state index in [1.165, 1.54) is 0 Å². The molecule has 1 aromatic rings. The molecule has 0 aromatic heterocycles. The van der Waals surface area contributed by atoms with Crippen molar-refractivity contribution < 1.29 is 17.6 Å². The van der Waals surface area contributed by atoms with E-state index in [-0.39, 0.29) is 24.5 Å². The molecule has 1 rings (SSSR count). The Bertz CT molecular complexity index is 351. The van der Waals surface area contributed by atoms with Crippen LogP contribution in [0.2, 0.25) is 5.02 Å². The van der Waals surface area contributed by atoms with Crippen LogP contribution in [0.25, 0.3) is 0 Å². The highest BCUT2D eigenvalue weighted by Gasteiger charge is 2.37. The Hall–Kier alpha value is -0.520. The molecule has 0 amide bonds. The Morgan fingerprint density at radius 2 is 1.80 bits per heavy atom. The van der Waals surface area contributed by atoms with Gasteiger partial charge < -0.3 is 5.73 Å². The Kier molecular flexibility index (Phi) is 4.83.